The average Bonchev–Trinajstić information content (AvgIpc) is 3.15. The molecule has 0 saturated carbocycles. The molecule has 3 aromatic rings. The fourth-order valence-electron chi connectivity index (χ4n) is 5.24. The van der Waals surface area contributed by atoms with Crippen LogP contribution in [0.3, 0.4) is 0 Å². The topological polar surface area (TPSA) is 97.4 Å². The van der Waals surface area contributed by atoms with Gasteiger partial charge in [-0.15, -0.1) is 0 Å². The van der Waals surface area contributed by atoms with Crippen molar-refractivity contribution in [1.29, 1.82) is 0 Å². The maximum Gasteiger partial charge on any atom is 0.232 e. The van der Waals surface area contributed by atoms with Gasteiger partial charge in [-0.25, -0.2) is 15.0 Å². The number of pyridine rings is 1. The van der Waals surface area contributed by atoms with Gasteiger partial charge in [-0.3, -0.25) is 0 Å². The lowest BCUT2D eigenvalue weighted by atomic mass is 9.73. The van der Waals surface area contributed by atoms with Gasteiger partial charge in [0.05, 0.1) is 25.6 Å². The number of aromatic nitrogens is 3. The zero-order valence-corrected chi connectivity index (χ0v) is 19.9. The molecule has 0 radical (unpaired) electrons. The second-order valence-corrected chi connectivity index (χ2v) is 9.36. The summed E-state index contributed by atoms with van der Waals surface area (Å²) in [5, 5.41) is 10.5. The van der Waals surface area contributed by atoms with E-state index in [0.29, 0.717) is 22.3 Å². The number of halogens is 1. The van der Waals surface area contributed by atoms with E-state index in [1.807, 2.05) is 12.2 Å². The molecule has 2 aliphatic rings. The quantitative estimate of drug-likeness (QED) is 0.572. The molecule has 0 bridgehead atoms. The third-order valence-electron chi connectivity index (χ3n) is 7.16. The van der Waals surface area contributed by atoms with Crippen LogP contribution in [0, 0.1) is 5.41 Å². The van der Waals surface area contributed by atoms with E-state index in [4.69, 9.17) is 22.1 Å². The Balaban J connectivity index is 1.31. The van der Waals surface area contributed by atoms with Crippen molar-refractivity contribution >= 4 is 29.6 Å². The van der Waals surface area contributed by atoms with Gasteiger partial charge < -0.3 is 20.5 Å². The highest BCUT2D eigenvalue weighted by Crippen LogP contribution is 2.51. The van der Waals surface area contributed by atoms with Gasteiger partial charge in [0.15, 0.2) is 5.82 Å². The molecule has 1 atom stereocenters. The van der Waals surface area contributed by atoms with Gasteiger partial charge in [0, 0.05) is 30.9 Å². The third-order valence-corrected chi connectivity index (χ3v) is 7.54. The number of methoxy groups -OCH3 is 1. The molecule has 1 aliphatic carbocycles. The minimum atomic E-state index is -0.180. The summed E-state index contributed by atoms with van der Waals surface area (Å²) in [5.74, 6) is 1.11. The van der Waals surface area contributed by atoms with E-state index >= 15 is 0 Å². The molecule has 1 spiro atoms. The van der Waals surface area contributed by atoms with E-state index in [2.05, 4.69) is 44.1 Å². The van der Waals surface area contributed by atoms with Crippen molar-refractivity contribution in [2.45, 2.75) is 31.9 Å². The van der Waals surface area contributed by atoms with Crippen LogP contribution < -0.4 is 15.4 Å². The first-order chi connectivity index (χ1) is 16.5. The van der Waals surface area contributed by atoms with Crippen LogP contribution in [0.2, 0.25) is 5.02 Å². The summed E-state index contributed by atoms with van der Waals surface area (Å²) < 4.78 is 5.17. The van der Waals surface area contributed by atoms with Crippen molar-refractivity contribution in [1.82, 2.24) is 15.0 Å². The summed E-state index contributed by atoms with van der Waals surface area (Å²) in [6.07, 6.45) is 10.0. The summed E-state index contributed by atoms with van der Waals surface area (Å²) in [7, 11) is 1.53. The van der Waals surface area contributed by atoms with E-state index in [9.17, 15) is 5.11 Å². The average molecular weight is 478 g/mol. The third kappa shape index (κ3) is 4.04. The summed E-state index contributed by atoms with van der Waals surface area (Å²) in [6.45, 7) is 1.50. The van der Waals surface area contributed by atoms with Crippen LogP contribution in [0.15, 0.2) is 42.7 Å². The number of nitrogens with two attached hydrogens (primary N) is 1. The molecule has 0 unspecified atom stereocenters. The monoisotopic (exact) mass is 477 g/mol. The lowest BCUT2D eigenvalue weighted by Crippen LogP contribution is -2.45. The Hall–Kier alpha value is -3.00. The molecule has 1 fully saturated rings. The first-order valence-corrected chi connectivity index (χ1v) is 11.8. The summed E-state index contributed by atoms with van der Waals surface area (Å²) in [4.78, 5) is 15.6. The molecule has 176 valence electrons. The molecule has 2 aromatic heterocycles. The zero-order chi connectivity index (χ0) is 23.7. The normalized spacial score (nSPS) is 19.1. The Morgan fingerprint density at radius 2 is 2.00 bits per heavy atom. The molecule has 3 heterocycles. The Morgan fingerprint density at radius 3 is 2.74 bits per heavy atom. The molecule has 8 heteroatoms. The summed E-state index contributed by atoms with van der Waals surface area (Å²) in [6, 6.07) is 10.4. The Kier molecular flexibility index (Phi) is 6.25. The Morgan fingerprint density at radius 1 is 1.21 bits per heavy atom. The number of rotatable bonds is 5. The number of nitrogens with zero attached hydrogens (tertiary/aromatic N) is 4. The van der Waals surface area contributed by atoms with Gasteiger partial charge in [0.1, 0.15) is 10.7 Å². The number of hydrogen-bond acceptors (Lipinski definition) is 7. The lowest BCUT2D eigenvalue weighted by molar-refractivity contribution is 0.186. The minimum Gasteiger partial charge on any atom is -0.480 e. The van der Waals surface area contributed by atoms with Crippen molar-refractivity contribution in [2.75, 3.05) is 25.1 Å². The predicted molar refractivity (Wildman–Crippen MR) is 134 cm³/mol. The zero-order valence-electron chi connectivity index (χ0n) is 19.1. The van der Waals surface area contributed by atoms with Crippen LogP contribution in [0.1, 0.15) is 47.0 Å². The van der Waals surface area contributed by atoms with Crippen LogP contribution in [-0.4, -0.2) is 40.3 Å². The lowest BCUT2D eigenvalue weighted by Gasteiger charge is -2.42. The highest BCUT2D eigenvalue weighted by molar-refractivity contribution is 6.33. The van der Waals surface area contributed by atoms with Crippen molar-refractivity contribution in [2.24, 2.45) is 11.1 Å². The van der Waals surface area contributed by atoms with Gasteiger partial charge in [0.25, 0.3) is 0 Å². The predicted octanol–water partition coefficient (Wildman–Crippen LogP) is 4.04. The molecule has 7 nitrogen and oxygen atoms in total. The molecule has 0 amide bonds. The number of fused-ring (bicyclic) bond motifs is 1. The van der Waals surface area contributed by atoms with E-state index in [1.165, 1.54) is 18.2 Å². The molecular formula is C26H28ClN5O2. The van der Waals surface area contributed by atoms with Gasteiger partial charge >= 0.3 is 0 Å². The van der Waals surface area contributed by atoms with Crippen molar-refractivity contribution in [3.05, 3.63) is 75.8 Å². The minimum absolute atomic E-state index is 0.0698. The number of ether oxygens (including phenoxy) is 1. The van der Waals surface area contributed by atoms with Crippen LogP contribution >= 0.6 is 11.6 Å². The fourth-order valence-corrected chi connectivity index (χ4v) is 5.49. The first kappa shape index (κ1) is 22.8. The molecule has 1 aromatic carbocycles. The number of piperidine rings is 1. The number of aliphatic hydroxyl groups is 1. The number of aliphatic hydroxyl groups excluding tert-OH is 1. The largest absolute Gasteiger partial charge is 0.480 e. The number of anilines is 1. The Labute approximate surface area is 204 Å². The Bertz CT molecular complexity index is 1220. The van der Waals surface area contributed by atoms with E-state index in [-0.39, 0.29) is 18.1 Å². The van der Waals surface area contributed by atoms with E-state index in [0.717, 1.165) is 43.7 Å². The van der Waals surface area contributed by atoms with Crippen LogP contribution in [0.5, 0.6) is 5.88 Å². The van der Waals surface area contributed by atoms with Crippen LogP contribution in [-0.2, 0) is 13.0 Å². The maximum absolute atomic E-state index is 10.0. The highest BCUT2D eigenvalue weighted by atomic mass is 35.5. The SMILES string of the molecule is COc1nccc(C=Cc2cnc(N3CCC4(CC3)Cc3ccccc3[C@H]4N)c(CO)n2)c1Cl. The highest BCUT2D eigenvalue weighted by Gasteiger charge is 2.46. The van der Waals surface area contributed by atoms with Crippen LogP contribution in [0.4, 0.5) is 5.82 Å². The smallest absolute Gasteiger partial charge is 0.232 e. The van der Waals surface area contributed by atoms with Crippen molar-refractivity contribution in [3.8, 4) is 5.88 Å². The summed E-state index contributed by atoms with van der Waals surface area (Å²) in [5.41, 5.74) is 11.4. The molecule has 34 heavy (non-hydrogen) atoms. The molecule has 1 saturated heterocycles. The maximum atomic E-state index is 10.0. The number of hydrogen-bond donors (Lipinski definition) is 2. The van der Waals surface area contributed by atoms with Crippen molar-refractivity contribution < 1.29 is 9.84 Å². The van der Waals surface area contributed by atoms with E-state index < -0.39 is 0 Å². The molecule has 3 N–H and O–H groups in total. The molecule has 5 rings (SSSR count). The van der Waals surface area contributed by atoms with Gasteiger partial charge in [-0.1, -0.05) is 41.9 Å². The van der Waals surface area contributed by atoms with Crippen molar-refractivity contribution in [3.63, 3.8) is 0 Å². The molecular weight excluding hydrogens is 450 g/mol. The standard InChI is InChI=1S/C26H28ClN5O2/c1-34-25-22(27)17(8-11-29-25)6-7-19-15-30-24(21(16-33)31-19)32-12-9-26(10-13-32)14-18-4-2-3-5-20(18)23(26)28/h2-8,11,15,23,33H,9-10,12-14,16,28H2,1H3/t23-/m1/s1. The second kappa shape index (κ2) is 9.33. The molecule has 1 aliphatic heterocycles. The number of benzene rings is 1. The van der Waals surface area contributed by atoms with E-state index in [1.54, 1.807) is 18.5 Å². The van der Waals surface area contributed by atoms with Gasteiger partial charge in [-0.05, 0) is 47.9 Å². The first-order valence-electron chi connectivity index (χ1n) is 11.5. The second-order valence-electron chi connectivity index (χ2n) is 8.98. The summed E-state index contributed by atoms with van der Waals surface area (Å²) >= 11 is 6.32. The fraction of sp³-hybridized carbons (Fsp3) is 0.346. The van der Waals surface area contributed by atoms with Gasteiger partial charge in [-0.2, -0.15) is 0 Å². The van der Waals surface area contributed by atoms with Crippen LogP contribution in [0.25, 0.3) is 12.2 Å². The van der Waals surface area contributed by atoms with Gasteiger partial charge in [0.2, 0.25) is 5.88 Å².